The Balaban J connectivity index is 1.83. The van der Waals surface area contributed by atoms with Crippen LogP contribution in [0.4, 0.5) is 0 Å². The molecule has 0 saturated carbocycles. The molecule has 1 N–H and O–H groups in total. The minimum atomic E-state index is -0.674. The second-order valence-corrected chi connectivity index (χ2v) is 5.30. The number of carbonyl (C=O) groups is 1. The molecule has 1 saturated heterocycles. The van der Waals surface area contributed by atoms with E-state index in [0.717, 1.165) is 10.8 Å². The van der Waals surface area contributed by atoms with Gasteiger partial charge in [-0.05, 0) is 29.3 Å². The van der Waals surface area contributed by atoms with Crippen LogP contribution in [0.5, 0.6) is 0 Å². The van der Waals surface area contributed by atoms with Crippen molar-refractivity contribution >= 4 is 16.7 Å². The van der Waals surface area contributed by atoms with Gasteiger partial charge in [0.1, 0.15) is 0 Å². The number of likely N-dealkylation sites (tertiary alicyclic amines) is 1. The Morgan fingerprint density at radius 3 is 2.58 bits per heavy atom. The highest BCUT2D eigenvalue weighted by molar-refractivity contribution is 5.99. The maximum Gasteiger partial charge on any atom is 0.254 e. The molecule has 2 aromatic carbocycles. The van der Waals surface area contributed by atoms with Gasteiger partial charge in [0.25, 0.3) is 5.91 Å². The van der Waals surface area contributed by atoms with Crippen molar-refractivity contribution < 1.29 is 9.90 Å². The summed E-state index contributed by atoms with van der Waals surface area (Å²) < 4.78 is 0. The van der Waals surface area contributed by atoms with E-state index in [1.165, 1.54) is 0 Å². The SMILES string of the molecule is CCC1(O)CN(C(=O)c2ccc3ccccc3c2)C1. The van der Waals surface area contributed by atoms with Gasteiger partial charge in [-0.25, -0.2) is 0 Å². The lowest BCUT2D eigenvalue weighted by Crippen LogP contribution is -2.63. The Morgan fingerprint density at radius 2 is 1.89 bits per heavy atom. The third-order valence-electron chi connectivity index (χ3n) is 3.91. The molecule has 1 aliphatic heterocycles. The number of benzene rings is 2. The molecule has 19 heavy (non-hydrogen) atoms. The molecule has 0 spiro atoms. The van der Waals surface area contributed by atoms with Crippen LogP contribution in [0.2, 0.25) is 0 Å². The summed E-state index contributed by atoms with van der Waals surface area (Å²) in [5.41, 5.74) is 0.0174. The van der Waals surface area contributed by atoms with Crippen molar-refractivity contribution in [3.8, 4) is 0 Å². The lowest BCUT2D eigenvalue weighted by molar-refractivity contribution is -0.0826. The summed E-state index contributed by atoms with van der Waals surface area (Å²) in [5.74, 6) is 0.00359. The molecule has 3 nitrogen and oxygen atoms in total. The predicted molar refractivity (Wildman–Crippen MR) is 75.1 cm³/mol. The van der Waals surface area contributed by atoms with Crippen LogP contribution in [-0.4, -0.2) is 34.6 Å². The number of rotatable bonds is 2. The van der Waals surface area contributed by atoms with Gasteiger partial charge in [-0.15, -0.1) is 0 Å². The summed E-state index contributed by atoms with van der Waals surface area (Å²) in [6.07, 6.45) is 0.689. The van der Waals surface area contributed by atoms with E-state index < -0.39 is 5.60 Å². The van der Waals surface area contributed by atoms with Crippen LogP contribution < -0.4 is 0 Å². The summed E-state index contributed by atoms with van der Waals surface area (Å²) in [6.45, 7) is 2.82. The van der Waals surface area contributed by atoms with Crippen LogP contribution in [0.25, 0.3) is 10.8 Å². The number of nitrogens with zero attached hydrogens (tertiary/aromatic N) is 1. The number of fused-ring (bicyclic) bond motifs is 1. The standard InChI is InChI=1S/C16H17NO2/c1-2-16(19)10-17(11-16)15(18)14-8-7-12-5-3-4-6-13(12)9-14/h3-9,19H,2,10-11H2,1H3. The van der Waals surface area contributed by atoms with Crippen LogP contribution >= 0.6 is 0 Å². The van der Waals surface area contributed by atoms with E-state index in [1.807, 2.05) is 49.4 Å². The number of amides is 1. The molecular weight excluding hydrogens is 238 g/mol. The molecule has 0 bridgehead atoms. The first-order valence-electron chi connectivity index (χ1n) is 6.62. The van der Waals surface area contributed by atoms with Crippen molar-refractivity contribution in [1.29, 1.82) is 0 Å². The summed E-state index contributed by atoms with van der Waals surface area (Å²) in [4.78, 5) is 14.0. The van der Waals surface area contributed by atoms with Crippen molar-refractivity contribution in [1.82, 2.24) is 4.90 Å². The predicted octanol–water partition coefficient (Wildman–Crippen LogP) is 2.44. The normalized spacial score (nSPS) is 17.3. The fourth-order valence-corrected chi connectivity index (χ4v) is 2.54. The van der Waals surface area contributed by atoms with Crippen molar-refractivity contribution in [3.63, 3.8) is 0 Å². The minimum Gasteiger partial charge on any atom is -0.386 e. The average Bonchev–Trinajstić information content (AvgIpc) is 2.42. The van der Waals surface area contributed by atoms with E-state index in [1.54, 1.807) is 4.90 Å². The highest BCUT2D eigenvalue weighted by Crippen LogP contribution is 2.26. The first-order valence-corrected chi connectivity index (χ1v) is 6.62. The van der Waals surface area contributed by atoms with Gasteiger partial charge >= 0.3 is 0 Å². The van der Waals surface area contributed by atoms with E-state index in [9.17, 15) is 9.90 Å². The zero-order valence-corrected chi connectivity index (χ0v) is 11.0. The van der Waals surface area contributed by atoms with Crippen molar-refractivity contribution in [2.75, 3.05) is 13.1 Å². The van der Waals surface area contributed by atoms with Gasteiger partial charge < -0.3 is 10.0 Å². The van der Waals surface area contributed by atoms with Gasteiger partial charge in [0.2, 0.25) is 0 Å². The molecule has 3 heteroatoms. The Kier molecular flexibility index (Phi) is 2.79. The van der Waals surface area contributed by atoms with Gasteiger partial charge in [0.15, 0.2) is 0 Å². The quantitative estimate of drug-likeness (QED) is 0.895. The number of β-amino-alcohol motifs (C(OH)–C–C–N with tert-alkyl or cyclic N) is 1. The summed E-state index contributed by atoms with van der Waals surface area (Å²) in [5, 5.41) is 12.2. The molecule has 1 amide bonds. The van der Waals surface area contributed by atoms with Crippen molar-refractivity contribution in [2.45, 2.75) is 18.9 Å². The lowest BCUT2D eigenvalue weighted by atomic mass is 9.90. The highest BCUT2D eigenvalue weighted by Gasteiger charge is 2.42. The number of hydrogen-bond acceptors (Lipinski definition) is 2. The Morgan fingerprint density at radius 1 is 1.21 bits per heavy atom. The van der Waals surface area contributed by atoms with E-state index >= 15 is 0 Å². The maximum atomic E-state index is 12.3. The molecule has 0 aromatic heterocycles. The molecule has 1 aliphatic rings. The van der Waals surface area contributed by atoms with Crippen LogP contribution in [0.15, 0.2) is 42.5 Å². The van der Waals surface area contributed by atoms with Gasteiger partial charge in [0, 0.05) is 5.56 Å². The van der Waals surface area contributed by atoms with Gasteiger partial charge in [-0.1, -0.05) is 37.3 Å². The van der Waals surface area contributed by atoms with E-state index in [2.05, 4.69) is 0 Å². The first kappa shape index (κ1) is 12.2. The Hall–Kier alpha value is -1.87. The monoisotopic (exact) mass is 255 g/mol. The summed E-state index contributed by atoms with van der Waals surface area (Å²) in [6, 6.07) is 13.7. The first-order chi connectivity index (χ1) is 9.11. The fraction of sp³-hybridized carbons (Fsp3) is 0.312. The zero-order valence-electron chi connectivity index (χ0n) is 11.0. The van der Waals surface area contributed by atoms with Gasteiger partial charge in [-0.3, -0.25) is 4.79 Å². The minimum absolute atomic E-state index is 0.00359. The molecule has 0 aliphatic carbocycles. The molecule has 1 fully saturated rings. The van der Waals surface area contributed by atoms with Crippen LogP contribution in [-0.2, 0) is 0 Å². The molecule has 0 unspecified atom stereocenters. The van der Waals surface area contributed by atoms with Gasteiger partial charge in [0.05, 0.1) is 18.7 Å². The average molecular weight is 255 g/mol. The largest absolute Gasteiger partial charge is 0.386 e. The molecular formula is C16H17NO2. The lowest BCUT2D eigenvalue weighted by Gasteiger charge is -2.46. The van der Waals surface area contributed by atoms with Gasteiger partial charge in [-0.2, -0.15) is 0 Å². The van der Waals surface area contributed by atoms with Crippen LogP contribution in [0.3, 0.4) is 0 Å². The smallest absolute Gasteiger partial charge is 0.254 e. The Bertz CT molecular complexity index is 629. The second-order valence-electron chi connectivity index (χ2n) is 5.30. The van der Waals surface area contributed by atoms with Crippen molar-refractivity contribution in [2.24, 2.45) is 0 Å². The molecule has 1 heterocycles. The topological polar surface area (TPSA) is 40.5 Å². The van der Waals surface area contributed by atoms with E-state index in [0.29, 0.717) is 25.1 Å². The van der Waals surface area contributed by atoms with Crippen LogP contribution in [0.1, 0.15) is 23.7 Å². The third-order valence-corrected chi connectivity index (χ3v) is 3.91. The number of carbonyl (C=O) groups excluding carboxylic acids is 1. The summed E-state index contributed by atoms with van der Waals surface area (Å²) >= 11 is 0. The van der Waals surface area contributed by atoms with Crippen LogP contribution in [0, 0.1) is 0 Å². The summed E-state index contributed by atoms with van der Waals surface area (Å²) in [7, 11) is 0. The van der Waals surface area contributed by atoms with E-state index in [-0.39, 0.29) is 5.91 Å². The Labute approximate surface area is 112 Å². The molecule has 98 valence electrons. The second kappa shape index (κ2) is 4.35. The molecule has 2 aromatic rings. The maximum absolute atomic E-state index is 12.3. The van der Waals surface area contributed by atoms with E-state index in [4.69, 9.17) is 0 Å². The third kappa shape index (κ3) is 2.10. The molecule has 0 atom stereocenters. The fourth-order valence-electron chi connectivity index (χ4n) is 2.54. The molecule has 3 rings (SSSR count). The van der Waals surface area contributed by atoms with Crippen molar-refractivity contribution in [3.05, 3.63) is 48.0 Å². The molecule has 0 radical (unpaired) electrons. The number of aliphatic hydroxyl groups is 1. The highest BCUT2D eigenvalue weighted by atomic mass is 16.3. The zero-order chi connectivity index (χ0) is 13.5. The number of hydrogen-bond donors (Lipinski definition) is 1.